The van der Waals surface area contributed by atoms with Crippen LogP contribution in [0.4, 0.5) is 0 Å². The van der Waals surface area contributed by atoms with Gasteiger partial charge in [-0.1, -0.05) is 29.3 Å². The predicted molar refractivity (Wildman–Crippen MR) is 75.3 cm³/mol. The van der Waals surface area contributed by atoms with E-state index in [1.54, 1.807) is 23.1 Å². The summed E-state index contributed by atoms with van der Waals surface area (Å²) in [4.78, 5) is 14.1. The molecule has 0 N–H and O–H groups in total. The number of benzene rings is 1. The molecule has 2 rings (SSSR count). The molecule has 0 aromatic heterocycles. The van der Waals surface area contributed by atoms with Crippen LogP contribution in [-0.2, 0) is 0 Å². The number of carbonyl (C=O) groups is 1. The molecule has 1 heterocycles. The molecule has 0 atom stereocenters. The first-order chi connectivity index (χ1) is 8.97. The number of carbonyl (C=O) groups excluding carboxylic acids is 1. The Morgan fingerprint density at radius 2 is 1.84 bits per heavy atom. The molecule has 0 aliphatic carbocycles. The predicted octanol–water partition coefficient (Wildman–Crippen LogP) is 3.76. The second-order valence-electron chi connectivity index (χ2n) is 5.06. The molecular formula is C14H14Cl2N2O. The maximum absolute atomic E-state index is 12.4. The van der Waals surface area contributed by atoms with Crippen LogP contribution in [-0.4, -0.2) is 23.9 Å². The number of hydrogen-bond donors (Lipinski definition) is 0. The van der Waals surface area contributed by atoms with E-state index in [-0.39, 0.29) is 11.3 Å². The van der Waals surface area contributed by atoms with E-state index in [9.17, 15) is 4.79 Å². The Morgan fingerprint density at radius 3 is 2.32 bits per heavy atom. The summed E-state index contributed by atoms with van der Waals surface area (Å²) in [5.74, 6) is -0.157. The number of likely N-dealkylation sites (tertiary alicyclic amines) is 1. The Labute approximate surface area is 122 Å². The standard InChI is InChI=1S/C14H14Cl2N2O/c1-14(9-17)5-7-18(8-6-14)13(19)12-10(15)3-2-4-11(12)16/h2-4H,5-8H2,1H3. The lowest BCUT2D eigenvalue weighted by Crippen LogP contribution is -2.41. The minimum Gasteiger partial charge on any atom is -0.338 e. The van der Waals surface area contributed by atoms with Crippen molar-refractivity contribution in [2.45, 2.75) is 19.8 Å². The largest absolute Gasteiger partial charge is 0.338 e. The van der Waals surface area contributed by atoms with Crippen LogP contribution in [0.15, 0.2) is 18.2 Å². The lowest BCUT2D eigenvalue weighted by atomic mass is 9.82. The highest BCUT2D eigenvalue weighted by Gasteiger charge is 2.33. The highest BCUT2D eigenvalue weighted by molar-refractivity contribution is 6.39. The lowest BCUT2D eigenvalue weighted by molar-refractivity contribution is 0.0662. The van der Waals surface area contributed by atoms with Gasteiger partial charge < -0.3 is 4.90 Å². The van der Waals surface area contributed by atoms with E-state index in [2.05, 4.69) is 6.07 Å². The van der Waals surface area contributed by atoms with Gasteiger partial charge in [-0.25, -0.2) is 0 Å². The molecule has 5 heteroatoms. The smallest absolute Gasteiger partial charge is 0.256 e. The van der Waals surface area contributed by atoms with Crippen LogP contribution in [0.1, 0.15) is 30.1 Å². The fourth-order valence-electron chi connectivity index (χ4n) is 2.18. The van der Waals surface area contributed by atoms with Crippen molar-refractivity contribution < 1.29 is 4.79 Å². The van der Waals surface area contributed by atoms with Crippen molar-refractivity contribution >= 4 is 29.1 Å². The van der Waals surface area contributed by atoms with Crippen molar-refractivity contribution in [3.05, 3.63) is 33.8 Å². The highest BCUT2D eigenvalue weighted by Crippen LogP contribution is 2.32. The van der Waals surface area contributed by atoms with E-state index in [0.29, 0.717) is 41.5 Å². The number of rotatable bonds is 1. The summed E-state index contributed by atoms with van der Waals surface area (Å²) in [6.45, 7) is 3.05. The maximum atomic E-state index is 12.4. The quantitative estimate of drug-likeness (QED) is 0.792. The van der Waals surface area contributed by atoms with E-state index < -0.39 is 0 Å². The molecule has 1 aliphatic heterocycles. The van der Waals surface area contributed by atoms with Gasteiger partial charge in [0, 0.05) is 13.1 Å². The molecule has 0 radical (unpaired) electrons. The third-order valence-electron chi connectivity index (χ3n) is 3.60. The van der Waals surface area contributed by atoms with E-state index in [1.807, 2.05) is 6.92 Å². The first kappa shape index (κ1) is 14.2. The second-order valence-corrected chi connectivity index (χ2v) is 5.88. The average Bonchev–Trinajstić information content (AvgIpc) is 2.39. The molecule has 0 bridgehead atoms. The van der Waals surface area contributed by atoms with Crippen molar-refractivity contribution in [1.82, 2.24) is 4.90 Å². The molecule has 1 amide bonds. The number of piperidine rings is 1. The van der Waals surface area contributed by atoms with E-state index in [1.165, 1.54) is 0 Å². The van der Waals surface area contributed by atoms with E-state index >= 15 is 0 Å². The Balaban J connectivity index is 2.17. The zero-order chi connectivity index (χ0) is 14.0. The molecule has 1 aromatic carbocycles. The number of nitriles is 1. The Hall–Kier alpha value is -1.24. The van der Waals surface area contributed by atoms with Gasteiger partial charge >= 0.3 is 0 Å². The van der Waals surface area contributed by atoms with Crippen molar-refractivity contribution in [1.29, 1.82) is 5.26 Å². The van der Waals surface area contributed by atoms with Gasteiger partial charge in [0.1, 0.15) is 0 Å². The Kier molecular flexibility index (Phi) is 4.03. The van der Waals surface area contributed by atoms with Gasteiger partial charge in [0.05, 0.1) is 27.1 Å². The summed E-state index contributed by atoms with van der Waals surface area (Å²) < 4.78 is 0. The average molecular weight is 297 g/mol. The summed E-state index contributed by atoms with van der Waals surface area (Å²) in [6.07, 6.45) is 1.36. The highest BCUT2D eigenvalue weighted by atomic mass is 35.5. The van der Waals surface area contributed by atoms with Crippen molar-refractivity contribution in [3.63, 3.8) is 0 Å². The summed E-state index contributed by atoms with van der Waals surface area (Å²) >= 11 is 12.1. The van der Waals surface area contributed by atoms with Crippen LogP contribution in [0.25, 0.3) is 0 Å². The van der Waals surface area contributed by atoms with Crippen molar-refractivity contribution in [2.24, 2.45) is 5.41 Å². The van der Waals surface area contributed by atoms with Crippen LogP contribution in [0.3, 0.4) is 0 Å². The third kappa shape index (κ3) is 2.86. The van der Waals surface area contributed by atoms with Gasteiger partial charge in [0.2, 0.25) is 0 Å². The molecule has 1 saturated heterocycles. The molecule has 1 aliphatic rings. The fourth-order valence-corrected chi connectivity index (χ4v) is 2.73. The van der Waals surface area contributed by atoms with Crippen LogP contribution in [0.2, 0.25) is 10.0 Å². The number of amides is 1. The van der Waals surface area contributed by atoms with Gasteiger partial charge in [-0.3, -0.25) is 4.79 Å². The molecule has 0 saturated carbocycles. The van der Waals surface area contributed by atoms with Gasteiger partial charge in [0.25, 0.3) is 5.91 Å². The summed E-state index contributed by atoms with van der Waals surface area (Å²) in [5, 5.41) is 9.82. The summed E-state index contributed by atoms with van der Waals surface area (Å²) in [5.41, 5.74) is 0.0209. The van der Waals surface area contributed by atoms with Crippen LogP contribution >= 0.6 is 23.2 Å². The van der Waals surface area contributed by atoms with Gasteiger partial charge in [0.15, 0.2) is 0 Å². The van der Waals surface area contributed by atoms with Gasteiger partial charge in [-0.05, 0) is 31.9 Å². The minimum atomic E-state index is -0.332. The first-order valence-corrected chi connectivity index (χ1v) is 6.87. The maximum Gasteiger partial charge on any atom is 0.256 e. The first-order valence-electron chi connectivity index (χ1n) is 6.11. The zero-order valence-corrected chi connectivity index (χ0v) is 12.1. The molecular weight excluding hydrogens is 283 g/mol. The number of halogens is 2. The molecule has 0 spiro atoms. The second kappa shape index (κ2) is 5.40. The topological polar surface area (TPSA) is 44.1 Å². The summed E-state index contributed by atoms with van der Waals surface area (Å²) in [7, 11) is 0. The summed E-state index contributed by atoms with van der Waals surface area (Å²) in [6, 6.07) is 7.34. The van der Waals surface area contributed by atoms with Crippen LogP contribution in [0, 0.1) is 16.7 Å². The van der Waals surface area contributed by atoms with Crippen LogP contribution in [0.5, 0.6) is 0 Å². The van der Waals surface area contributed by atoms with Crippen molar-refractivity contribution in [2.75, 3.05) is 13.1 Å². The van der Waals surface area contributed by atoms with Gasteiger partial charge in [-0.15, -0.1) is 0 Å². The van der Waals surface area contributed by atoms with E-state index in [0.717, 1.165) is 0 Å². The minimum absolute atomic E-state index is 0.157. The third-order valence-corrected chi connectivity index (χ3v) is 4.23. The van der Waals surface area contributed by atoms with Crippen LogP contribution < -0.4 is 0 Å². The molecule has 1 fully saturated rings. The van der Waals surface area contributed by atoms with Crippen molar-refractivity contribution in [3.8, 4) is 6.07 Å². The lowest BCUT2D eigenvalue weighted by Gasteiger charge is -2.35. The number of hydrogen-bond acceptors (Lipinski definition) is 2. The monoisotopic (exact) mass is 296 g/mol. The SMILES string of the molecule is CC1(C#N)CCN(C(=O)c2c(Cl)cccc2Cl)CC1. The Morgan fingerprint density at radius 1 is 1.32 bits per heavy atom. The molecule has 19 heavy (non-hydrogen) atoms. The Bertz CT molecular complexity index is 523. The molecule has 0 unspecified atom stereocenters. The molecule has 100 valence electrons. The van der Waals surface area contributed by atoms with E-state index in [4.69, 9.17) is 28.5 Å². The normalized spacial score (nSPS) is 17.9. The molecule has 1 aromatic rings. The number of nitrogens with zero attached hydrogens (tertiary/aromatic N) is 2. The zero-order valence-electron chi connectivity index (χ0n) is 10.6. The van der Waals surface area contributed by atoms with Gasteiger partial charge in [-0.2, -0.15) is 5.26 Å². The fraction of sp³-hybridized carbons (Fsp3) is 0.429. The molecule has 3 nitrogen and oxygen atoms in total.